The minimum Gasteiger partial charge on any atom is -0.550 e. The first-order valence-electron chi connectivity index (χ1n) is 6.38. The zero-order chi connectivity index (χ0) is 13.2. The molecule has 0 heterocycles. The second-order valence-corrected chi connectivity index (χ2v) is 5.01. The van der Waals surface area contributed by atoms with Crippen molar-refractivity contribution < 1.29 is 14.7 Å². The quantitative estimate of drug-likeness (QED) is 0.810. The molecule has 0 spiro atoms. The summed E-state index contributed by atoms with van der Waals surface area (Å²) in [7, 11) is 0. The SMILES string of the molecule is CC(C(=O)[O-])C1(c2ccccc2)CCCCC1=O. The van der Waals surface area contributed by atoms with Crippen molar-refractivity contribution in [2.45, 2.75) is 38.0 Å². The molecule has 3 heteroatoms. The maximum Gasteiger partial charge on any atom is 0.144 e. The summed E-state index contributed by atoms with van der Waals surface area (Å²) in [6.45, 7) is 1.59. The van der Waals surface area contributed by atoms with Crippen LogP contribution >= 0.6 is 0 Å². The van der Waals surface area contributed by atoms with E-state index in [9.17, 15) is 14.7 Å². The van der Waals surface area contributed by atoms with Crippen LogP contribution in [0.4, 0.5) is 0 Å². The van der Waals surface area contributed by atoms with Crippen LogP contribution < -0.4 is 5.11 Å². The first kappa shape index (κ1) is 12.8. The van der Waals surface area contributed by atoms with Crippen LogP contribution in [0.25, 0.3) is 0 Å². The number of carboxylic acids is 1. The van der Waals surface area contributed by atoms with E-state index in [1.165, 1.54) is 0 Å². The van der Waals surface area contributed by atoms with Gasteiger partial charge < -0.3 is 9.90 Å². The molecule has 0 saturated heterocycles. The number of carbonyl (C=O) groups excluding carboxylic acids is 2. The lowest BCUT2D eigenvalue weighted by Crippen LogP contribution is -2.50. The van der Waals surface area contributed by atoms with Gasteiger partial charge in [0, 0.05) is 18.3 Å². The summed E-state index contributed by atoms with van der Waals surface area (Å²) in [4.78, 5) is 23.6. The highest BCUT2D eigenvalue weighted by atomic mass is 16.4. The van der Waals surface area contributed by atoms with Crippen LogP contribution in [0.15, 0.2) is 30.3 Å². The highest BCUT2D eigenvalue weighted by molar-refractivity contribution is 5.95. The molecule has 1 fully saturated rings. The van der Waals surface area contributed by atoms with E-state index in [2.05, 4.69) is 0 Å². The van der Waals surface area contributed by atoms with Crippen LogP contribution in [0.3, 0.4) is 0 Å². The van der Waals surface area contributed by atoms with Gasteiger partial charge in [0.05, 0.1) is 5.41 Å². The molecule has 96 valence electrons. The predicted molar refractivity (Wildman–Crippen MR) is 65.8 cm³/mol. The first-order valence-corrected chi connectivity index (χ1v) is 6.38. The smallest absolute Gasteiger partial charge is 0.144 e. The second kappa shape index (κ2) is 4.92. The van der Waals surface area contributed by atoms with Crippen molar-refractivity contribution >= 4 is 11.8 Å². The summed E-state index contributed by atoms with van der Waals surface area (Å²) in [5.41, 5.74) is -0.0791. The zero-order valence-electron chi connectivity index (χ0n) is 10.5. The number of Topliss-reactive ketones (excluding diaryl/α,β-unsaturated/α-hetero) is 1. The summed E-state index contributed by atoms with van der Waals surface area (Å²) in [6, 6.07) is 9.27. The third-order valence-electron chi connectivity index (χ3n) is 4.10. The standard InChI is InChI=1S/C15H18O3/c1-11(14(17)18)15(10-6-5-9-13(15)16)12-7-3-2-4-8-12/h2-4,7-8,11H,5-6,9-10H2,1H3,(H,17,18)/p-1. The van der Waals surface area contributed by atoms with Gasteiger partial charge in [0.2, 0.25) is 0 Å². The monoisotopic (exact) mass is 245 g/mol. The molecule has 2 unspecified atom stereocenters. The molecule has 3 nitrogen and oxygen atoms in total. The van der Waals surface area contributed by atoms with Gasteiger partial charge in [0.15, 0.2) is 0 Å². The maximum absolute atomic E-state index is 12.4. The Labute approximate surface area is 107 Å². The van der Waals surface area contributed by atoms with Gasteiger partial charge >= 0.3 is 0 Å². The zero-order valence-corrected chi connectivity index (χ0v) is 10.5. The van der Waals surface area contributed by atoms with Gasteiger partial charge in [-0.25, -0.2) is 0 Å². The van der Waals surface area contributed by atoms with E-state index in [-0.39, 0.29) is 5.78 Å². The number of ketones is 1. The predicted octanol–water partition coefficient (Wildman–Crippen LogP) is 1.45. The lowest BCUT2D eigenvalue weighted by atomic mass is 9.62. The van der Waals surface area contributed by atoms with Crippen molar-refractivity contribution in [3.05, 3.63) is 35.9 Å². The highest BCUT2D eigenvalue weighted by Gasteiger charge is 2.46. The van der Waals surface area contributed by atoms with Gasteiger partial charge in [-0.1, -0.05) is 43.7 Å². The molecule has 0 aromatic heterocycles. The van der Waals surface area contributed by atoms with E-state index in [1.54, 1.807) is 6.92 Å². The van der Waals surface area contributed by atoms with Gasteiger partial charge in [0.25, 0.3) is 0 Å². The lowest BCUT2D eigenvalue weighted by Gasteiger charge is -2.41. The Kier molecular flexibility index (Phi) is 3.50. The molecule has 1 aromatic carbocycles. The summed E-state index contributed by atoms with van der Waals surface area (Å²) < 4.78 is 0. The number of hydrogen-bond acceptors (Lipinski definition) is 3. The molecule has 2 atom stereocenters. The lowest BCUT2D eigenvalue weighted by molar-refractivity contribution is -0.313. The average molecular weight is 245 g/mol. The minimum atomic E-state index is -1.14. The molecule has 0 radical (unpaired) electrons. The fourth-order valence-electron chi connectivity index (χ4n) is 3.00. The van der Waals surface area contributed by atoms with E-state index in [1.807, 2.05) is 30.3 Å². The van der Waals surface area contributed by atoms with E-state index in [4.69, 9.17) is 0 Å². The van der Waals surface area contributed by atoms with Crippen LogP contribution in [0.1, 0.15) is 38.2 Å². The topological polar surface area (TPSA) is 57.2 Å². The van der Waals surface area contributed by atoms with Gasteiger partial charge in [0.1, 0.15) is 5.78 Å². The van der Waals surface area contributed by atoms with Gasteiger partial charge in [-0.3, -0.25) is 4.79 Å². The molecule has 0 aliphatic heterocycles. The van der Waals surface area contributed by atoms with E-state index < -0.39 is 17.3 Å². The molecule has 1 saturated carbocycles. The molecule has 1 aromatic rings. The number of hydrogen-bond donors (Lipinski definition) is 0. The van der Waals surface area contributed by atoms with E-state index in [0.29, 0.717) is 12.8 Å². The molecular weight excluding hydrogens is 228 g/mol. The van der Waals surface area contributed by atoms with Gasteiger partial charge in [-0.2, -0.15) is 0 Å². The number of carboxylic acid groups (broad SMARTS) is 1. The van der Waals surface area contributed by atoms with Crippen molar-refractivity contribution in [1.29, 1.82) is 0 Å². The van der Waals surface area contributed by atoms with Crippen molar-refractivity contribution in [2.75, 3.05) is 0 Å². The van der Waals surface area contributed by atoms with Gasteiger partial charge in [-0.05, 0) is 18.4 Å². The van der Waals surface area contributed by atoms with Crippen LogP contribution in [-0.4, -0.2) is 11.8 Å². The normalized spacial score (nSPS) is 25.7. The van der Waals surface area contributed by atoms with Crippen LogP contribution in [0, 0.1) is 5.92 Å². The molecule has 0 amide bonds. The Bertz CT molecular complexity index is 452. The molecule has 1 aliphatic carbocycles. The van der Waals surface area contributed by atoms with Crippen molar-refractivity contribution in [3.63, 3.8) is 0 Å². The van der Waals surface area contributed by atoms with Crippen molar-refractivity contribution in [3.8, 4) is 0 Å². The van der Waals surface area contributed by atoms with Crippen LogP contribution in [0.2, 0.25) is 0 Å². The number of rotatable bonds is 3. The Morgan fingerprint density at radius 1 is 1.28 bits per heavy atom. The fourth-order valence-corrected chi connectivity index (χ4v) is 3.00. The van der Waals surface area contributed by atoms with E-state index in [0.717, 1.165) is 18.4 Å². The first-order chi connectivity index (χ1) is 8.59. The summed E-state index contributed by atoms with van der Waals surface area (Å²) in [6.07, 6.45) is 2.81. The number of carbonyl (C=O) groups is 2. The Morgan fingerprint density at radius 2 is 1.94 bits per heavy atom. The molecular formula is C15H17O3-. The third kappa shape index (κ3) is 1.94. The van der Waals surface area contributed by atoms with E-state index >= 15 is 0 Å². The summed E-state index contributed by atoms with van der Waals surface area (Å²) in [5.74, 6) is -1.89. The Balaban J connectivity index is 2.52. The number of aliphatic carboxylic acids is 1. The Hall–Kier alpha value is -1.64. The largest absolute Gasteiger partial charge is 0.550 e. The molecule has 18 heavy (non-hydrogen) atoms. The molecule has 1 aliphatic rings. The number of benzene rings is 1. The van der Waals surface area contributed by atoms with Gasteiger partial charge in [-0.15, -0.1) is 0 Å². The second-order valence-electron chi connectivity index (χ2n) is 5.01. The average Bonchev–Trinajstić information content (AvgIpc) is 2.39. The maximum atomic E-state index is 12.4. The third-order valence-corrected chi connectivity index (χ3v) is 4.10. The van der Waals surface area contributed by atoms with Crippen LogP contribution in [0.5, 0.6) is 0 Å². The highest BCUT2D eigenvalue weighted by Crippen LogP contribution is 2.42. The molecule has 0 bridgehead atoms. The van der Waals surface area contributed by atoms with Crippen molar-refractivity contribution in [1.82, 2.24) is 0 Å². The summed E-state index contributed by atoms with van der Waals surface area (Å²) in [5, 5.41) is 11.3. The Morgan fingerprint density at radius 3 is 2.50 bits per heavy atom. The summed E-state index contributed by atoms with van der Waals surface area (Å²) >= 11 is 0. The van der Waals surface area contributed by atoms with Crippen molar-refractivity contribution in [2.24, 2.45) is 5.92 Å². The fraction of sp³-hybridized carbons (Fsp3) is 0.467. The molecule has 0 N–H and O–H groups in total. The van der Waals surface area contributed by atoms with Crippen LogP contribution in [-0.2, 0) is 15.0 Å². The molecule has 2 rings (SSSR count). The minimum absolute atomic E-state index is 0.0386.